The molecule has 0 fully saturated rings. The van der Waals surface area contributed by atoms with Gasteiger partial charge in [-0.15, -0.1) is 0 Å². The summed E-state index contributed by atoms with van der Waals surface area (Å²) in [5.41, 5.74) is 2.22. The Kier molecular flexibility index (Phi) is 5.49. The zero-order valence-electron chi connectivity index (χ0n) is 17.1. The van der Waals surface area contributed by atoms with Crippen molar-refractivity contribution in [3.8, 4) is 0 Å². The van der Waals surface area contributed by atoms with E-state index in [0.29, 0.717) is 5.69 Å². The van der Waals surface area contributed by atoms with Gasteiger partial charge in [0.2, 0.25) is 5.95 Å². The van der Waals surface area contributed by atoms with Crippen LogP contribution in [-0.4, -0.2) is 16.8 Å². The second-order valence-corrected chi connectivity index (χ2v) is 9.40. The SMILES string of the molecule is CC(C)(C)c1ccc(SNc2ccc(Cl)c3c2C(=O)N(c2ccc(F)nc2)C3=O)cc1. The van der Waals surface area contributed by atoms with Crippen molar-refractivity contribution in [3.63, 3.8) is 0 Å². The molecule has 0 aliphatic carbocycles. The quantitative estimate of drug-likeness (QED) is 0.293. The van der Waals surface area contributed by atoms with Gasteiger partial charge < -0.3 is 4.72 Å². The Morgan fingerprint density at radius 1 is 0.968 bits per heavy atom. The van der Waals surface area contributed by atoms with Gasteiger partial charge in [-0.3, -0.25) is 9.59 Å². The number of imide groups is 1. The molecule has 3 aromatic rings. The standard InChI is InChI=1S/C23H19ClFN3O2S/c1-23(2,3)13-4-7-15(8-5-13)31-27-17-10-9-16(24)19-20(17)22(30)28(21(19)29)14-6-11-18(25)26-12-14/h4-12,27H,1-3H3. The van der Waals surface area contributed by atoms with Crippen LogP contribution in [0, 0.1) is 5.95 Å². The maximum atomic E-state index is 13.2. The van der Waals surface area contributed by atoms with Crippen LogP contribution in [0.5, 0.6) is 0 Å². The summed E-state index contributed by atoms with van der Waals surface area (Å²) in [6.45, 7) is 6.44. The van der Waals surface area contributed by atoms with E-state index in [1.54, 1.807) is 12.1 Å². The van der Waals surface area contributed by atoms with Crippen molar-refractivity contribution in [3.05, 3.63) is 82.4 Å². The molecule has 1 N–H and O–H groups in total. The summed E-state index contributed by atoms with van der Waals surface area (Å²) in [6, 6.07) is 13.8. The first-order valence-electron chi connectivity index (χ1n) is 9.53. The molecule has 2 aromatic carbocycles. The summed E-state index contributed by atoms with van der Waals surface area (Å²) in [4.78, 5) is 31.5. The Morgan fingerprint density at radius 3 is 2.26 bits per heavy atom. The molecule has 0 radical (unpaired) electrons. The average Bonchev–Trinajstić information content (AvgIpc) is 2.99. The van der Waals surface area contributed by atoms with Crippen LogP contribution < -0.4 is 9.62 Å². The number of aromatic nitrogens is 1. The van der Waals surface area contributed by atoms with E-state index >= 15 is 0 Å². The molecule has 1 aromatic heterocycles. The molecule has 0 spiro atoms. The number of carbonyl (C=O) groups is 2. The minimum absolute atomic E-state index is 0.0546. The van der Waals surface area contributed by atoms with Crippen molar-refractivity contribution in [1.82, 2.24) is 4.98 Å². The Hall–Kier alpha value is -2.90. The minimum Gasteiger partial charge on any atom is -0.325 e. The predicted molar refractivity (Wildman–Crippen MR) is 121 cm³/mol. The highest BCUT2D eigenvalue weighted by Gasteiger charge is 2.40. The third kappa shape index (κ3) is 4.03. The molecule has 1 aliphatic heterocycles. The van der Waals surface area contributed by atoms with Gasteiger partial charge in [0.05, 0.1) is 33.7 Å². The first-order chi connectivity index (χ1) is 14.7. The molecule has 0 bridgehead atoms. The number of pyridine rings is 1. The van der Waals surface area contributed by atoms with Gasteiger partial charge in [0.25, 0.3) is 11.8 Å². The zero-order valence-corrected chi connectivity index (χ0v) is 18.6. The fourth-order valence-corrected chi connectivity index (χ4v) is 4.19. The number of nitrogens with zero attached hydrogens (tertiary/aromatic N) is 2. The van der Waals surface area contributed by atoms with E-state index in [1.807, 2.05) is 12.1 Å². The number of halogens is 2. The van der Waals surface area contributed by atoms with Crippen LogP contribution in [0.25, 0.3) is 0 Å². The molecule has 1 aliphatic rings. The maximum absolute atomic E-state index is 13.2. The van der Waals surface area contributed by atoms with E-state index in [2.05, 4.69) is 42.6 Å². The molecule has 0 saturated carbocycles. The summed E-state index contributed by atoms with van der Waals surface area (Å²) in [5, 5.41) is 0.177. The monoisotopic (exact) mass is 455 g/mol. The summed E-state index contributed by atoms with van der Waals surface area (Å²) >= 11 is 7.58. The lowest BCUT2D eigenvalue weighted by Crippen LogP contribution is -2.29. The Labute approximate surface area is 188 Å². The molecular weight excluding hydrogens is 437 g/mol. The van der Waals surface area contributed by atoms with Crippen molar-refractivity contribution in [1.29, 1.82) is 0 Å². The lowest BCUT2D eigenvalue weighted by Gasteiger charge is -2.19. The second-order valence-electron chi connectivity index (χ2n) is 8.11. The average molecular weight is 456 g/mol. The molecule has 158 valence electrons. The Bertz CT molecular complexity index is 1180. The molecular formula is C23H19ClFN3O2S. The molecule has 0 unspecified atom stereocenters. The molecule has 8 heteroatoms. The van der Waals surface area contributed by atoms with Crippen LogP contribution in [-0.2, 0) is 5.41 Å². The first kappa shape index (κ1) is 21.3. The highest BCUT2D eigenvalue weighted by atomic mass is 35.5. The van der Waals surface area contributed by atoms with E-state index < -0.39 is 17.8 Å². The molecule has 5 nitrogen and oxygen atoms in total. The van der Waals surface area contributed by atoms with Crippen LogP contribution in [0.2, 0.25) is 5.02 Å². The number of hydrogen-bond donors (Lipinski definition) is 1. The third-order valence-corrected chi connectivity index (χ3v) is 6.10. The number of fused-ring (bicyclic) bond motifs is 1. The summed E-state index contributed by atoms with van der Waals surface area (Å²) in [6.07, 6.45) is 1.14. The summed E-state index contributed by atoms with van der Waals surface area (Å²) < 4.78 is 16.3. The zero-order chi connectivity index (χ0) is 22.3. The smallest absolute Gasteiger partial charge is 0.268 e. The molecule has 2 heterocycles. The van der Waals surface area contributed by atoms with Crippen LogP contribution in [0.15, 0.2) is 59.6 Å². The number of benzene rings is 2. The fraction of sp³-hybridized carbons (Fsp3) is 0.174. The van der Waals surface area contributed by atoms with E-state index in [0.717, 1.165) is 22.1 Å². The van der Waals surface area contributed by atoms with Crippen molar-refractivity contribution in [2.75, 3.05) is 9.62 Å². The molecule has 4 rings (SSSR count). The van der Waals surface area contributed by atoms with Crippen molar-refractivity contribution in [2.45, 2.75) is 31.1 Å². The normalized spacial score (nSPS) is 13.5. The van der Waals surface area contributed by atoms with Crippen LogP contribution >= 0.6 is 23.5 Å². The molecule has 0 saturated heterocycles. The van der Waals surface area contributed by atoms with Crippen molar-refractivity contribution >= 4 is 46.7 Å². The van der Waals surface area contributed by atoms with Crippen LogP contribution in [0.3, 0.4) is 0 Å². The van der Waals surface area contributed by atoms with Gasteiger partial charge in [-0.2, -0.15) is 4.39 Å². The number of amides is 2. The minimum atomic E-state index is -0.699. The number of carbonyl (C=O) groups excluding carboxylic acids is 2. The van der Waals surface area contributed by atoms with E-state index in [1.165, 1.54) is 23.6 Å². The molecule has 31 heavy (non-hydrogen) atoms. The number of rotatable bonds is 4. The van der Waals surface area contributed by atoms with Gasteiger partial charge >= 0.3 is 0 Å². The predicted octanol–water partition coefficient (Wildman–Crippen LogP) is 6.09. The highest BCUT2D eigenvalue weighted by Crippen LogP contribution is 2.38. The lowest BCUT2D eigenvalue weighted by atomic mass is 9.87. The number of anilines is 2. The Morgan fingerprint density at radius 2 is 1.65 bits per heavy atom. The second kappa shape index (κ2) is 7.98. The maximum Gasteiger partial charge on any atom is 0.268 e. The highest BCUT2D eigenvalue weighted by molar-refractivity contribution is 8.00. The van der Waals surface area contributed by atoms with Crippen molar-refractivity contribution in [2.24, 2.45) is 0 Å². The van der Waals surface area contributed by atoms with E-state index in [9.17, 15) is 14.0 Å². The van der Waals surface area contributed by atoms with Gasteiger partial charge in [0.1, 0.15) is 0 Å². The summed E-state index contributed by atoms with van der Waals surface area (Å²) in [7, 11) is 0. The third-order valence-electron chi connectivity index (χ3n) is 4.96. The van der Waals surface area contributed by atoms with Crippen LogP contribution in [0.1, 0.15) is 47.1 Å². The van der Waals surface area contributed by atoms with Crippen LogP contribution in [0.4, 0.5) is 15.8 Å². The Balaban J connectivity index is 1.62. The molecule has 2 amide bonds. The lowest BCUT2D eigenvalue weighted by molar-refractivity contribution is 0.0926. The summed E-state index contributed by atoms with van der Waals surface area (Å²) in [5.74, 6) is -1.81. The van der Waals surface area contributed by atoms with E-state index in [4.69, 9.17) is 11.6 Å². The van der Waals surface area contributed by atoms with Gasteiger partial charge in [-0.05, 0) is 59.3 Å². The first-order valence-corrected chi connectivity index (χ1v) is 10.7. The number of nitrogens with one attached hydrogen (secondary N) is 1. The van der Waals surface area contributed by atoms with Gasteiger partial charge in [0, 0.05) is 4.90 Å². The topological polar surface area (TPSA) is 62.3 Å². The fourth-order valence-electron chi connectivity index (χ4n) is 3.28. The van der Waals surface area contributed by atoms with E-state index in [-0.39, 0.29) is 27.3 Å². The van der Waals surface area contributed by atoms with Gasteiger partial charge in [0.15, 0.2) is 0 Å². The molecule has 0 atom stereocenters. The largest absolute Gasteiger partial charge is 0.325 e. The van der Waals surface area contributed by atoms with Crippen molar-refractivity contribution < 1.29 is 14.0 Å². The number of hydrogen-bond acceptors (Lipinski definition) is 5. The van der Waals surface area contributed by atoms with Gasteiger partial charge in [-0.1, -0.05) is 44.5 Å². The van der Waals surface area contributed by atoms with Gasteiger partial charge in [-0.25, -0.2) is 9.88 Å².